The number of nitrogens with zero attached hydrogens (tertiary/aromatic N) is 3. The van der Waals surface area contributed by atoms with Gasteiger partial charge in [-0.3, -0.25) is 9.59 Å². The first-order valence-electron chi connectivity index (χ1n) is 11.0. The Hall–Kier alpha value is -4.20. The molecule has 0 aliphatic heterocycles. The van der Waals surface area contributed by atoms with Crippen molar-refractivity contribution in [3.05, 3.63) is 81.8 Å². The van der Waals surface area contributed by atoms with Gasteiger partial charge in [0.15, 0.2) is 0 Å². The quantitative estimate of drug-likeness (QED) is 0.441. The van der Waals surface area contributed by atoms with Crippen molar-refractivity contribution >= 4 is 11.6 Å². The normalized spacial score (nSPS) is 10.8. The predicted octanol–water partition coefficient (Wildman–Crippen LogP) is 4.39. The molecule has 0 saturated carbocycles. The Kier molecular flexibility index (Phi) is 6.58. The van der Waals surface area contributed by atoms with E-state index in [1.54, 1.807) is 33.1 Å². The second kappa shape index (κ2) is 9.74. The lowest BCUT2D eigenvalue weighted by Crippen LogP contribution is -2.30. The Morgan fingerprint density at radius 1 is 1.09 bits per heavy atom. The van der Waals surface area contributed by atoms with Gasteiger partial charge in [-0.2, -0.15) is 4.98 Å². The molecule has 0 unspecified atom stereocenters. The summed E-state index contributed by atoms with van der Waals surface area (Å²) in [6.07, 6.45) is 0.921. The molecule has 0 spiro atoms. The van der Waals surface area contributed by atoms with E-state index in [1.165, 1.54) is 10.1 Å². The molecule has 0 aliphatic carbocycles. The molecule has 2 aromatic heterocycles. The third-order valence-electron chi connectivity index (χ3n) is 5.64. The lowest BCUT2D eigenvalue weighted by atomic mass is 10.1. The van der Waals surface area contributed by atoms with Gasteiger partial charge in [0, 0.05) is 16.9 Å². The summed E-state index contributed by atoms with van der Waals surface area (Å²) in [7, 11) is 1.59. The highest BCUT2D eigenvalue weighted by Gasteiger charge is 2.20. The lowest BCUT2D eigenvalue weighted by Gasteiger charge is -2.13. The molecule has 1 N–H and O–H groups in total. The summed E-state index contributed by atoms with van der Waals surface area (Å²) in [5, 5.41) is 6.87. The van der Waals surface area contributed by atoms with Gasteiger partial charge >= 0.3 is 0 Å². The highest BCUT2D eigenvalue weighted by molar-refractivity contribution is 5.90. The van der Waals surface area contributed by atoms with Crippen LogP contribution in [0.3, 0.4) is 0 Å². The number of carbonyl (C=O) groups excluding carboxylic acids is 1. The first kappa shape index (κ1) is 23.0. The molecule has 0 aliphatic rings. The van der Waals surface area contributed by atoms with Crippen molar-refractivity contribution in [2.24, 2.45) is 0 Å². The van der Waals surface area contributed by atoms with Crippen molar-refractivity contribution in [1.29, 1.82) is 0 Å². The van der Waals surface area contributed by atoms with E-state index in [0.29, 0.717) is 28.5 Å². The number of methoxy groups -OCH3 is 1. The lowest BCUT2D eigenvalue weighted by molar-refractivity contribution is -0.116. The largest absolute Gasteiger partial charge is 0.497 e. The monoisotopic (exact) mass is 458 g/mol. The van der Waals surface area contributed by atoms with Crippen LogP contribution in [0.2, 0.25) is 0 Å². The number of rotatable bonds is 7. The van der Waals surface area contributed by atoms with Crippen LogP contribution in [-0.2, 0) is 17.8 Å². The van der Waals surface area contributed by atoms with Crippen LogP contribution in [0.1, 0.15) is 23.7 Å². The Bertz CT molecular complexity index is 1370. The van der Waals surface area contributed by atoms with E-state index in [0.717, 1.165) is 12.0 Å². The number of benzene rings is 2. The molecular formula is C26H26N4O4. The van der Waals surface area contributed by atoms with Crippen LogP contribution in [-0.4, -0.2) is 27.7 Å². The Balaban J connectivity index is 1.60. The van der Waals surface area contributed by atoms with Gasteiger partial charge in [0.25, 0.3) is 11.4 Å². The molecule has 0 atom stereocenters. The average Bonchev–Trinajstić information content (AvgIpc) is 3.32. The Morgan fingerprint density at radius 3 is 2.44 bits per heavy atom. The molecule has 2 aromatic carbocycles. The van der Waals surface area contributed by atoms with E-state index in [-0.39, 0.29) is 29.5 Å². The van der Waals surface area contributed by atoms with Crippen molar-refractivity contribution in [2.45, 2.75) is 33.7 Å². The van der Waals surface area contributed by atoms with E-state index in [2.05, 4.69) is 22.4 Å². The molecule has 4 rings (SSSR count). The summed E-state index contributed by atoms with van der Waals surface area (Å²) in [5.41, 5.74) is 3.87. The summed E-state index contributed by atoms with van der Waals surface area (Å²) in [6, 6.07) is 16.7. The van der Waals surface area contributed by atoms with Gasteiger partial charge in [-0.05, 0) is 73.9 Å². The number of carbonyl (C=O) groups is 1. The number of anilines is 1. The first-order chi connectivity index (χ1) is 16.4. The minimum Gasteiger partial charge on any atom is -0.497 e. The van der Waals surface area contributed by atoms with Gasteiger partial charge in [0.1, 0.15) is 17.9 Å². The van der Waals surface area contributed by atoms with Crippen molar-refractivity contribution in [3.8, 4) is 28.6 Å². The number of hydrogen-bond acceptors (Lipinski definition) is 6. The molecule has 4 aromatic rings. The standard InChI is InChI=1S/C26H26N4O4/c1-5-18-6-10-20(11-7-18)27-22(31)15-30-17(3)14-16(2)23(26(30)32)25-28-24(29-34-25)19-8-12-21(33-4)13-9-19/h6-14H,5,15H2,1-4H3,(H,27,31). The number of hydrogen-bond donors (Lipinski definition) is 1. The SMILES string of the molecule is CCc1ccc(NC(=O)Cn2c(C)cc(C)c(-c3nc(-c4ccc(OC)cc4)no3)c2=O)cc1. The van der Waals surface area contributed by atoms with Crippen LogP contribution in [0.15, 0.2) is 63.9 Å². The molecular weight excluding hydrogens is 432 g/mol. The predicted molar refractivity (Wildman–Crippen MR) is 130 cm³/mol. The minimum atomic E-state index is -0.362. The van der Waals surface area contributed by atoms with Crippen molar-refractivity contribution in [1.82, 2.24) is 14.7 Å². The summed E-state index contributed by atoms with van der Waals surface area (Å²) < 4.78 is 12.0. The van der Waals surface area contributed by atoms with Crippen molar-refractivity contribution < 1.29 is 14.1 Å². The number of nitrogens with one attached hydrogen (secondary N) is 1. The van der Waals surface area contributed by atoms with Crippen LogP contribution < -0.4 is 15.6 Å². The summed E-state index contributed by atoms with van der Waals surface area (Å²) in [5.74, 6) is 0.882. The van der Waals surface area contributed by atoms with Crippen molar-refractivity contribution in [3.63, 3.8) is 0 Å². The average molecular weight is 459 g/mol. The maximum atomic E-state index is 13.4. The number of aromatic nitrogens is 3. The highest BCUT2D eigenvalue weighted by Crippen LogP contribution is 2.24. The summed E-state index contributed by atoms with van der Waals surface area (Å²) in [4.78, 5) is 30.5. The maximum Gasteiger partial charge on any atom is 0.264 e. The van der Waals surface area contributed by atoms with E-state index in [9.17, 15) is 9.59 Å². The van der Waals surface area contributed by atoms with Gasteiger partial charge < -0.3 is 19.1 Å². The fourth-order valence-electron chi connectivity index (χ4n) is 3.73. The molecule has 8 heteroatoms. The molecule has 0 saturated heterocycles. The van der Waals surface area contributed by atoms with Crippen LogP contribution in [0.4, 0.5) is 5.69 Å². The number of pyridine rings is 1. The van der Waals surface area contributed by atoms with Crippen LogP contribution >= 0.6 is 0 Å². The van der Waals surface area contributed by atoms with Gasteiger partial charge in [0.2, 0.25) is 11.7 Å². The number of amides is 1. The molecule has 0 bridgehead atoms. The zero-order valence-corrected chi connectivity index (χ0v) is 19.6. The van der Waals surface area contributed by atoms with Crippen LogP contribution in [0.25, 0.3) is 22.8 Å². The topological polar surface area (TPSA) is 99.2 Å². The fraction of sp³-hybridized carbons (Fsp3) is 0.231. The third-order valence-corrected chi connectivity index (χ3v) is 5.64. The summed E-state index contributed by atoms with van der Waals surface area (Å²) >= 11 is 0. The van der Waals surface area contributed by atoms with E-state index in [1.807, 2.05) is 42.5 Å². The molecule has 2 heterocycles. The zero-order chi connectivity index (χ0) is 24.2. The molecule has 0 fully saturated rings. The van der Waals surface area contributed by atoms with Crippen LogP contribution in [0.5, 0.6) is 5.75 Å². The van der Waals surface area contributed by atoms with Gasteiger partial charge in [0.05, 0.1) is 7.11 Å². The maximum absolute atomic E-state index is 13.4. The molecule has 1 amide bonds. The highest BCUT2D eigenvalue weighted by atomic mass is 16.5. The van der Waals surface area contributed by atoms with Gasteiger partial charge in [-0.1, -0.05) is 24.2 Å². The first-order valence-corrected chi connectivity index (χ1v) is 11.0. The third kappa shape index (κ3) is 4.76. The molecule has 0 radical (unpaired) electrons. The Morgan fingerprint density at radius 2 is 1.79 bits per heavy atom. The van der Waals surface area contributed by atoms with Crippen molar-refractivity contribution in [2.75, 3.05) is 12.4 Å². The molecule has 174 valence electrons. The molecule has 8 nitrogen and oxygen atoms in total. The number of ether oxygens (including phenoxy) is 1. The molecule has 34 heavy (non-hydrogen) atoms. The summed E-state index contributed by atoms with van der Waals surface area (Å²) in [6.45, 7) is 5.53. The van der Waals surface area contributed by atoms with E-state index >= 15 is 0 Å². The second-order valence-electron chi connectivity index (χ2n) is 7.99. The smallest absolute Gasteiger partial charge is 0.264 e. The van der Waals surface area contributed by atoms with Gasteiger partial charge in [-0.15, -0.1) is 0 Å². The Labute approximate surface area is 197 Å². The zero-order valence-electron chi connectivity index (χ0n) is 19.6. The minimum absolute atomic E-state index is 0.109. The fourth-order valence-corrected chi connectivity index (χ4v) is 3.73. The second-order valence-corrected chi connectivity index (χ2v) is 7.99. The van der Waals surface area contributed by atoms with Gasteiger partial charge in [-0.25, -0.2) is 0 Å². The van der Waals surface area contributed by atoms with E-state index < -0.39 is 0 Å². The van der Waals surface area contributed by atoms with E-state index in [4.69, 9.17) is 9.26 Å². The number of aryl methyl sites for hydroxylation is 3. The van der Waals surface area contributed by atoms with Crippen LogP contribution in [0, 0.1) is 13.8 Å².